The van der Waals surface area contributed by atoms with Gasteiger partial charge in [-0.15, -0.1) is 22.7 Å². The first kappa shape index (κ1) is 26.9. The summed E-state index contributed by atoms with van der Waals surface area (Å²) in [6.07, 6.45) is 0. The van der Waals surface area contributed by atoms with E-state index >= 15 is 0 Å². The summed E-state index contributed by atoms with van der Waals surface area (Å²) in [6.45, 7) is 4.10. The Labute approximate surface area is 241 Å². The first-order valence-electron chi connectivity index (χ1n) is 12.2. The van der Waals surface area contributed by atoms with Gasteiger partial charge >= 0.3 is 0 Å². The second-order valence-corrected chi connectivity index (χ2v) is 14.1. The highest BCUT2D eigenvalue weighted by Crippen LogP contribution is 2.43. The standard InChI is InChI=1S/C29H23N3O4S4/c1-16-4-15-23(27-24(16)31-28(38-27)19-8-12-21(13-9-19)40(35,36)30-3)22-14-5-17(2)26-25(22)32-29(37-26)18-6-10-20(11-7-18)39(33)34/h4-15,30H,1-3H3,(H,33,34). The van der Waals surface area contributed by atoms with Gasteiger partial charge in [0.05, 0.1) is 30.2 Å². The topological polar surface area (TPSA) is 109 Å². The van der Waals surface area contributed by atoms with Crippen LogP contribution in [-0.2, 0) is 21.1 Å². The molecule has 1 atom stereocenters. The molecular weight excluding hydrogens is 583 g/mol. The summed E-state index contributed by atoms with van der Waals surface area (Å²) in [5.41, 5.74) is 7.76. The number of sulfonamides is 1. The highest BCUT2D eigenvalue weighted by Gasteiger charge is 2.19. The van der Waals surface area contributed by atoms with Crippen molar-refractivity contribution in [3.63, 3.8) is 0 Å². The first-order chi connectivity index (χ1) is 19.2. The van der Waals surface area contributed by atoms with Crippen molar-refractivity contribution in [2.24, 2.45) is 0 Å². The molecule has 2 heterocycles. The molecule has 11 heteroatoms. The zero-order chi connectivity index (χ0) is 28.2. The second-order valence-electron chi connectivity index (χ2n) is 9.26. The molecule has 0 radical (unpaired) electrons. The van der Waals surface area contributed by atoms with Gasteiger partial charge in [-0.25, -0.2) is 27.3 Å². The van der Waals surface area contributed by atoms with Crippen LogP contribution in [0.15, 0.2) is 82.6 Å². The molecule has 1 unspecified atom stereocenters. The Kier molecular flexibility index (Phi) is 6.89. The number of rotatable bonds is 6. The van der Waals surface area contributed by atoms with Gasteiger partial charge in [0.15, 0.2) is 11.1 Å². The summed E-state index contributed by atoms with van der Waals surface area (Å²) >= 11 is 1.15. The monoisotopic (exact) mass is 605 g/mol. The van der Waals surface area contributed by atoms with E-state index in [1.165, 1.54) is 7.05 Å². The van der Waals surface area contributed by atoms with Gasteiger partial charge in [0.2, 0.25) is 10.0 Å². The molecule has 0 spiro atoms. The number of thiazole rings is 2. The van der Waals surface area contributed by atoms with Crippen molar-refractivity contribution in [2.45, 2.75) is 23.6 Å². The van der Waals surface area contributed by atoms with Crippen LogP contribution in [0.5, 0.6) is 0 Å². The smallest absolute Gasteiger partial charge is 0.240 e. The van der Waals surface area contributed by atoms with E-state index in [-0.39, 0.29) is 4.90 Å². The fourth-order valence-electron chi connectivity index (χ4n) is 4.55. The number of benzene rings is 4. The maximum atomic E-state index is 12.1. The van der Waals surface area contributed by atoms with E-state index in [2.05, 4.69) is 35.9 Å². The van der Waals surface area contributed by atoms with Crippen LogP contribution in [0.1, 0.15) is 11.1 Å². The molecule has 0 saturated heterocycles. The van der Waals surface area contributed by atoms with Crippen LogP contribution in [0.25, 0.3) is 52.7 Å². The zero-order valence-corrected chi connectivity index (χ0v) is 24.9. The number of nitrogens with one attached hydrogen (secondary N) is 1. The van der Waals surface area contributed by atoms with Crippen molar-refractivity contribution in [1.29, 1.82) is 0 Å². The lowest BCUT2D eigenvalue weighted by Crippen LogP contribution is -2.18. The summed E-state index contributed by atoms with van der Waals surface area (Å²) in [5, 5.41) is 1.65. The van der Waals surface area contributed by atoms with Crippen molar-refractivity contribution >= 4 is 64.2 Å². The Bertz CT molecular complexity index is 2050. The van der Waals surface area contributed by atoms with E-state index < -0.39 is 21.1 Å². The van der Waals surface area contributed by atoms with E-state index in [0.29, 0.717) is 4.90 Å². The highest BCUT2D eigenvalue weighted by molar-refractivity contribution is 7.89. The van der Waals surface area contributed by atoms with Gasteiger partial charge in [0, 0.05) is 22.3 Å². The van der Waals surface area contributed by atoms with Gasteiger partial charge in [-0.2, -0.15) is 0 Å². The number of hydrogen-bond donors (Lipinski definition) is 2. The minimum absolute atomic E-state index is 0.206. The van der Waals surface area contributed by atoms with Gasteiger partial charge < -0.3 is 4.55 Å². The quantitative estimate of drug-likeness (QED) is 0.198. The van der Waals surface area contributed by atoms with E-state index in [4.69, 9.17) is 9.97 Å². The Morgan fingerprint density at radius 3 is 1.90 bits per heavy atom. The first-order valence-corrected chi connectivity index (χ1v) is 16.4. The number of aromatic nitrogens is 2. The Morgan fingerprint density at radius 2 is 1.27 bits per heavy atom. The largest absolute Gasteiger partial charge is 0.302 e. The van der Waals surface area contributed by atoms with Crippen molar-refractivity contribution in [3.05, 3.63) is 83.9 Å². The van der Waals surface area contributed by atoms with Gasteiger partial charge in [0.1, 0.15) is 10.0 Å². The molecule has 2 aromatic heterocycles. The lowest BCUT2D eigenvalue weighted by Gasteiger charge is -2.07. The second kappa shape index (κ2) is 10.3. The molecule has 40 heavy (non-hydrogen) atoms. The van der Waals surface area contributed by atoms with Gasteiger partial charge in [0.25, 0.3) is 0 Å². The molecule has 6 aromatic rings. The molecule has 2 N–H and O–H groups in total. The van der Waals surface area contributed by atoms with E-state index in [1.54, 1.807) is 59.1 Å². The number of fused-ring (bicyclic) bond motifs is 2. The van der Waals surface area contributed by atoms with Gasteiger partial charge in [-0.05, 0) is 56.3 Å². The van der Waals surface area contributed by atoms with E-state index in [0.717, 1.165) is 63.8 Å². The van der Waals surface area contributed by atoms with Crippen molar-refractivity contribution in [2.75, 3.05) is 7.05 Å². The minimum Gasteiger partial charge on any atom is -0.302 e. The molecule has 7 nitrogen and oxygen atoms in total. The molecule has 0 amide bonds. The summed E-state index contributed by atoms with van der Waals surface area (Å²) in [6, 6.07) is 22.1. The highest BCUT2D eigenvalue weighted by atomic mass is 32.2. The maximum Gasteiger partial charge on any atom is 0.240 e. The molecule has 4 aromatic carbocycles. The van der Waals surface area contributed by atoms with Crippen molar-refractivity contribution in [3.8, 4) is 32.3 Å². The summed E-state index contributed by atoms with van der Waals surface area (Å²) in [5.74, 6) is 0. The molecule has 6 rings (SSSR count). The molecule has 0 bridgehead atoms. The minimum atomic E-state index is -3.52. The Hall–Kier alpha value is -3.32. The van der Waals surface area contributed by atoms with Crippen molar-refractivity contribution < 1.29 is 17.2 Å². The SMILES string of the molecule is CNS(=O)(=O)c1ccc(-c2nc3c(C)ccc(-c4ccc(C)c5sc(-c6ccc(S(=O)O)cc6)nc45)c3s2)cc1. The lowest BCUT2D eigenvalue weighted by atomic mass is 10.0. The Morgan fingerprint density at radius 1 is 0.725 bits per heavy atom. The van der Waals surface area contributed by atoms with Crippen molar-refractivity contribution in [1.82, 2.24) is 14.7 Å². The molecule has 202 valence electrons. The average molecular weight is 606 g/mol. The molecule has 0 fully saturated rings. The number of aryl methyl sites for hydroxylation is 2. The Balaban J connectivity index is 1.48. The summed E-state index contributed by atoms with van der Waals surface area (Å²) in [7, 11) is -2.12. The van der Waals surface area contributed by atoms with Gasteiger partial charge in [-0.1, -0.05) is 48.5 Å². The average Bonchev–Trinajstić information content (AvgIpc) is 3.61. The number of nitrogens with zero attached hydrogens (tertiary/aromatic N) is 2. The normalized spacial score (nSPS) is 12.8. The molecule has 0 aliphatic carbocycles. The van der Waals surface area contributed by atoms with Gasteiger partial charge in [-0.3, -0.25) is 0 Å². The maximum absolute atomic E-state index is 12.1. The van der Waals surface area contributed by atoms with Crippen LogP contribution in [0.3, 0.4) is 0 Å². The molecule has 0 aliphatic rings. The third-order valence-corrected chi connectivity index (χ3v) is 11.2. The molecule has 0 saturated carbocycles. The fraction of sp³-hybridized carbons (Fsp3) is 0.103. The van der Waals surface area contributed by atoms with Crippen LogP contribution < -0.4 is 4.72 Å². The molecule has 0 aliphatic heterocycles. The third kappa shape index (κ3) is 4.68. The van der Waals surface area contributed by atoms with E-state index in [9.17, 15) is 17.2 Å². The summed E-state index contributed by atoms with van der Waals surface area (Å²) in [4.78, 5) is 10.5. The van der Waals surface area contributed by atoms with Crippen LogP contribution in [-0.4, -0.2) is 34.2 Å². The third-order valence-electron chi connectivity index (χ3n) is 6.76. The fourth-order valence-corrected chi connectivity index (χ4v) is 7.89. The van der Waals surface area contributed by atoms with Crippen LogP contribution in [0.4, 0.5) is 0 Å². The predicted molar refractivity (Wildman–Crippen MR) is 164 cm³/mol. The van der Waals surface area contributed by atoms with Crippen LogP contribution >= 0.6 is 22.7 Å². The zero-order valence-electron chi connectivity index (χ0n) is 21.6. The summed E-state index contributed by atoms with van der Waals surface area (Å²) < 4.78 is 49.5. The van der Waals surface area contributed by atoms with Crippen LogP contribution in [0.2, 0.25) is 0 Å². The van der Waals surface area contributed by atoms with E-state index in [1.807, 2.05) is 19.1 Å². The van der Waals surface area contributed by atoms with Crippen LogP contribution in [0, 0.1) is 13.8 Å². The predicted octanol–water partition coefficient (Wildman–Crippen LogP) is 7.01. The number of hydrogen-bond acceptors (Lipinski definition) is 7. The molecular formula is C29H23N3O4S4. The lowest BCUT2D eigenvalue weighted by molar-refractivity contribution is 0.564.